The maximum Gasteiger partial charge on any atom is 0.255 e. The van der Waals surface area contributed by atoms with E-state index in [9.17, 15) is 9.90 Å². The molecule has 1 N–H and O–H groups in total. The molecule has 1 unspecified atom stereocenters. The van der Waals surface area contributed by atoms with E-state index in [0.29, 0.717) is 32.1 Å². The van der Waals surface area contributed by atoms with E-state index in [0.717, 1.165) is 45.4 Å². The molecule has 1 atom stereocenters. The molecule has 1 aliphatic carbocycles. The minimum Gasteiger partial charge on any atom is -0.379 e. The first-order chi connectivity index (χ1) is 12.6. The molecular weight excluding hydrogens is 332 g/mol. The zero-order chi connectivity index (χ0) is 18.0. The van der Waals surface area contributed by atoms with Crippen LogP contribution in [0.15, 0.2) is 0 Å². The molecule has 0 bridgehead atoms. The van der Waals surface area contributed by atoms with Gasteiger partial charge in [-0.3, -0.25) is 9.69 Å². The fourth-order valence-electron chi connectivity index (χ4n) is 5.27. The Balaban J connectivity index is 1.32. The lowest BCUT2D eigenvalue weighted by Crippen LogP contribution is -2.60. The molecule has 1 amide bonds. The molecule has 6 nitrogen and oxygen atoms in total. The summed E-state index contributed by atoms with van der Waals surface area (Å²) < 4.78 is 11.6. The Labute approximate surface area is 156 Å². The third-order valence-electron chi connectivity index (χ3n) is 6.82. The van der Waals surface area contributed by atoms with Crippen molar-refractivity contribution >= 4 is 5.91 Å². The van der Waals surface area contributed by atoms with Crippen molar-refractivity contribution in [3.8, 4) is 0 Å². The van der Waals surface area contributed by atoms with Crippen LogP contribution in [0.1, 0.15) is 57.8 Å². The number of β-amino-alcohol motifs (C(OH)–C–C–N with tert-alkyl or cyclic N) is 1. The minimum atomic E-state index is -1.21. The number of hydrogen-bond donors (Lipinski definition) is 1. The van der Waals surface area contributed by atoms with E-state index in [1.165, 1.54) is 32.1 Å². The Morgan fingerprint density at radius 2 is 1.65 bits per heavy atom. The summed E-state index contributed by atoms with van der Waals surface area (Å²) in [6.07, 6.45) is 9.51. The monoisotopic (exact) mass is 366 g/mol. The van der Waals surface area contributed by atoms with E-state index >= 15 is 0 Å². The molecule has 0 aromatic rings. The molecular formula is C20H34N2O4. The summed E-state index contributed by atoms with van der Waals surface area (Å²) in [5.41, 5.74) is -1.21. The SMILES string of the molecule is O=C1N(CC2CCCCC2)CCCC1(O)CN1CCC2(CC1)OCCO2. The van der Waals surface area contributed by atoms with E-state index in [1.54, 1.807) is 0 Å². The van der Waals surface area contributed by atoms with Gasteiger partial charge in [-0.25, -0.2) is 0 Å². The second-order valence-electron chi connectivity index (χ2n) is 8.77. The third-order valence-corrected chi connectivity index (χ3v) is 6.82. The zero-order valence-corrected chi connectivity index (χ0v) is 16.0. The standard InChI is InChI=1S/C20H34N2O4/c23-18-19(24,7-4-10-22(18)15-17-5-2-1-3-6-17)16-21-11-8-20(9-12-21)25-13-14-26-20/h17,24H,1-16H2. The second-order valence-corrected chi connectivity index (χ2v) is 8.77. The lowest BCUT2D eigenvalue weighted by Gasteiger charge is -2.44. The summed E-state index contributed by atoms with van der Waals surface area (Å²) >= 11 is 0. The van der Waals surface area contributed by atoms with Crippen molar-refractivity contribution in [2.75, 3.05) is 45.9 Å². The van der Waals surface area contributed by atoms with Crippen molar-refractivity contribution < 1.29 is 19.4 Å². The van der Waals surface area contributed by atoms with Gasteiger partial charge in [0, 0.05) is 45.6 Å². The number of carbonyl (C=O) groups is 1. The van der Waals surface area contributed by atoms with Gasteiger partial charge in [-0.1, -0.05) is 19.3 Å². The number of carbonyl (C=O) groups excluding carboxylic acids is 1. The van der Waals surface area contributed by atoms with Crippen LogP contribution in [0.25, 0.3) is 0 Å². The molecule has 26 heavy (non-hydrogen) atoms. The van der Waals surface area contributed by atoms with Crippen LogP contribution in [-0.4, -0.2) is 78.1 Å². The highest BCUT2D eigenvalue weighted by molar-refractivity contribution is 5.86. The molecule has 4 fully saturated rings. The number of hydrogen-bond acceptors (Lipinski definition) is 5. The zero-order valence-electron chi connectivity index (χ0n) is 16.0. The average molecular weight is 367 g/mol. The summed E-state index contributed by atoms with van der Waals surface area (Å²) in [5, 5.41) is 11.2. The lowest BCUT2D eigenvalue weighted by molar-refractivity contribution is -0.191. The maximum atomic E-state index is 13.0. The third kappa shape index (κ3) is 3.93. The van der Waals surface area contributed by atoms with Crippen LogP contribution in [0.4, 0.5) is 0 Å². The first kappa shape index (κ1) is 18.7. The molecule has 3 saturated heterocycles. The number of amides is 1. The quantitative estimate of drug-likeness (QED) is 0.821. The molecule has 4 rings (SSSR count). The predicted octanol–water partition coefficient (Wildman–Crippen LogP) is 1.76. The maximum absolute atomic E-state index is 13.0. The molecule has 4 aliphatic rings. The Kier molecular flexibility index (Phi) is 5.56. The van der Waals surface area contributed by atoms with Gasteiger partial charge in [0.25, 0.3) is 5.91 Å². The van der Waals surface area contributed by atoms with Gasteiger partial charge in [0.1, 0.15) is 0 Å². The fourth-order valence-corrected chi connectivity index (χ4v) is 5.27. The van der Waals surface area contributed by atoms with Gasteiger partial charge in [-0.2, -0.15) is 0 Å². The number of rotatable bonds is 4. The van der Waals surface area contributed by atoms with Crippen molar-refractivity contribution in [2.24, 2.45) is 5.92 Å². The molecule has 0 radical (unpaired) electrons. The van der Waals surface area contributed by atoms with Crippen molar-refractivity contribution in [3.05, 3.63) is 0 Å². The van der Waals surface area contributed by atoms with Crippen molar-refractivity contribution in [1.82, 2.24) is 9.80 Å². The molecule has 3 aliphatic heterocycles. The Morgan fingerprint density at radius 3 is 2.35 bits per heavy atom. The van der Waals surface area contributed by atoms with Crippen molar-refractivity contribution in [1.29, 1.82) is 0 Å². The van der Waals surface area contributed by atoms with Gasteiger partial charge in [0.15, 0.2) is 11.4 Å². The average Bonchev–Trinajstić information content (AvgIpc) is 3.11. The second kappa shape index (κ2) is 7.74. The predicted molar refractivity (Wildman–Crippen MR) is 97.6 cm³/mol. The number of likely N-dealkylation sites (tertiary alicyclic amines) is 2. The minimum absolute atomic E-state index is 0.0389. The van der Waals surface area contributed by atoms with E-state index in [-0.39, 0.29) is 5.91 Å². The molecule has 148 valence electrons. The Hall–Kier alpha value is -0.690. The molecule has 6 heteroatoms. The summed E-state index contributed by atoms with van der Waals surface area (Å²) in [6.45, 7) is 5.09. The largest absolute Gasteiger partial charge is 0.379 e. The first-order valence-electron chi connectivity index (χ1n) is 10.6. The van der Waals surface area contributed by atoms with Crippen molar-refractivity contribution in [3.63, 3.8) is 0 Å². The van der Waals surface area contributed by atoms with Crippen LogP contribution in [0.2, 0.25) is 0 Å². The van der Waals surface area contributed by atoms with Crippen LogP contribution >= 0.6 is 0 Å². The van der Waals surface area contributed by atoms with Crippen LogP contribution in [0.5, 0.6) is 0 Å². The van der Waals surface area contributed by atoms with Crippen LogP contribution < -0.4 is 0 Å². The van der Waals surface area contributed by atoms with Gasteiger partial charge < -0.3 is 19.5 Å². The molecule has 3 heterocycles. The topological polar surface area (TPSA) is 62.2 Å². The van der Waals surface area contributed by atoms with Gasteiger partial charge in [-0.15, -0.1) is 0 Å². The van der Waals surface area contributed by atoms with Crippen LogP contribution in [-0.2, 0) is 14.3 Å². The summed E-state index contributed by atoms with van der Waals surface area (Å²) in [5.74, 6) is 0.187. The first-order valence-corrected chi connectivity index (χ1v) is 10.6. The highest BCUT2D eigenvalue weighted by Gasteiger charge is 2.46. The summed E-state index contributed by atoms with van der Waals surface area (Å²) in [7, 11) is 0. The summed E-state index contributed by atoms with van der Waals surface area (Å²) in [4.78, 5) is 17.2. The number of piperidine rings is 2. The Bertz CT molecular complexity index is 492. The molecule has 0 aromatic carbocycles. The number of aliphatic hydroxyl groups is 1. The highest BCUT2D eigenvalue weighted by atomic mass is 16.7. The normalized spacial score (nSPS) is 33.9. The van der Waals surface area contributed by atoms with Gasteiger partial charge in [0.2, 0.25) is 0 Å². The van der Waals surface area contributed by atoms with Crippen molar-refractivity contribution in [2.45, 2.75) is 69.2 Å². The van der Waals surface area contributed by atoms with Crippen LogP contribution in [0.3, 0.4) is 0 Å². The van der Waals surface area contributed by atoms with E-state index in [2.05, 4.69) is 4.90 Å². The Morgan fingerprint density at radius 1 is 0.962 bits per heavy atom. The molecule has 0 aromatic heterocycles. The highest BCUT2D eigenvalue weighted by Crippen LogP contribution is 2.33. The van der Waals surface area contributed by atoms with Gasteiger partial charge >= 0.3 is 0 Å². The van der Waals surface area contributed by atoms with E-state index < -0.39 is 11.4 Å². The summed E-state index contributed by atoms with van der Waals surface area (Å²) in [6, 6.07) is 0. The lowest BCUT2D eigenvalue weighted by atomic mass is 9.86. The van der Waals surface area contributed by atoms with E-state index in [1.807, 2.05) is 4.90 Å². The van der Waals surface area contributed by atoms with E-state index in [4.69, 9.17) is 9.47 Å². The van der Waals surface area contributed by atoms with Gasteiger partial charge in [-0.05, 0) is 31.6 Å². The molecule has 1 saturated carbocycles. The number of nitrogens with zero attached hydrogens (tertiary/aromatic N) is 2. The molecule has 1 spiro atoms. The number of ether oxygens (including phenoxy) is 2. The fraction of sp³-hybridized carbons (Fsp3) is 0.950. The van der Waals surface area contributed by atoms with Gasteiger partial charge in [0.05, 0.1) is 13.2 Å². The van der Waals surface area contributed by atoms with Crippen LogP contribution in [0, 0.1) is 5.92 Å². The smallest absolute Gasteiger partial charge is 0.255 e.